The highest BCUT2D eigenvalue weighted by Crippen LogP contribution is 2.20. The fraction of sp³-hybridized carbons (Fsp3) is 1.00. The number of hydrogen-bond donors (Lipinski definition) is 0. The van der Waals surface area contributed by atoms with Crippen molar-refractivity contribution in [3.63, 3.8) is 0 Å². The Hall–Kier alpha value is -0.0800. The lowest BCUT2D eigenvalue weighted by molar-refractivity contribution is -0.0547. The summed E-state index contributed by atoms with van der Waals surface area (Å²) in [7, 11) is 0. The Balaban J connectivity index is 2.33. The van der Waals surface area contributed by atoms with Gasteiger partial charge in [-0.1, -0.05) is 0 Å². The molecule has 0 amide bonds. The molecule has 0 aromatic heterocycles. The summed E-state index contributed by atoms with van der Waals surface area (Å²) >= 11 is 0. The number of hydrogen-bond acceptors (Lipinski definition) is 2. The largest absolute Gasteiger partial charge is 0.371 e. The quantitative estimate of drug-likeness (QED) is 0.654. The van der Waals surface area contributed by atoms with E-state index in [4.69, 9.17) is 4.74 Å². The van der Waals surface area contributed by atoms with Crippen LogP contribution in [-0.2, 0) is 4.74 Å². The van der Waals surface area contributed by atoms with Crippen molar-refractivity contribution in [3.8, 4) is 0 Å². The molecular weight excluding hydrogens is 162 g/mol. The van der Waals surface area contributed by atoms with Gasteiger partial charge < -0.3 is 4.74 Å². The molecule has 2 nitrogen and oxygen atoms in total. The molecule has 0 aliphatic carbocycles. The first-order chi connectivity index (χ1) is 5.88. The van der Waals surface area contributed by atoms with E-state index in [1.54, 1.807) is 0 Å². The van der Waals surface area contributed by atoms with Gasteiger partial charge >= 0.3 is 0 Å². The average Bonchev–Trinajstić information content (AvgIpc) is 2.31. The molecule has 1 aliphatic rings. The standard InChI is InChI=1S/C11H23NO/c1-9(2)12-7-6-10(8-12)13-11(3,4)5/h9-10H,6-8H2,1-5H3. The van der Waals surface area contributed by atoms with Crippen molar-refractivity contribution in [2.24, 2.45) is 0 Å². The van der Waals surface area contributed by atoms with E-state index >= 15 is 0 Å². The average molecular weight is 185 g/mol. The van der Waals surface area contributed by atoms with E-state index in [0.29, 0.717) is 12.1 Å². The molecule has 2 heteroatoms. The number of rotatable bonds is 2. The van der Waals surface area contributed by atoms with Crippen LogP contribution in [0.3, 0.4) is 0 Å². The molecule has 1 atom stereocenters. The lowest BCUT2D eigenvalue weighted by atomic mass is 10.2. The Labute approximate surface area is 82.3 Å². The molecule has 0 aromatic carbocycles. The molecule has 13 heavy (non-hydrogen) atoms. The van der Waals surface area contributed by atoms with E-state index in [1.807, 2.05) is 0 Å². The fourth-order valence-corrected chi connectivity index (χ4v) is 1.82. The summed E-state index contributed by atoms with van der Waals surface area (Å²) in [4.78, 5) is 2.48. The second-order valence-electron chi connectivity index (χ2n) is 5.23. The Morgan fingerprint density at radius 3 is 2.31 bits per heavy atom. The van der Waals surface area contributed by atoms with E-state index in [1.165, 1.54) is 13.0 Å². The van der Waals surface area contributed by atoms with Gasteiger partial charge in [-0.15, -0.1) is 0 Å². The second kappa shape index (κ2) is 3.97. The van der Waals surface area contributed by atoms with E-state index in [9.17, 15) is 0 Å². The molecule has 0 saturated carbocycles. The second-order valence-corrected chi connectivity index (χ2v) is 5.23. The van der Waals surface area contributed by atoms with Crippen molar-refractivity contribution < 1.29 is 4.74 Å². The monoisotopic (exact) mass is 185 g/mol. The van der Waals surface area contributed by atoms with Crippen molar-refractivity contribution in [3.05, 3.63) is 0 Å². The summed E-state index contributed by atoms with van der Waals surface area (Å²) in [5.41, 5.74) is 0.0116. The zero-order valence-corrected chi connectivity index (χ0v) is 9.63. The first-order valence-electron chi connectivity index (χ1n) is 5.30. The van der Waals surface area contributed by atoms with Gasteiger partial charge in [0, 0.05) is 19.1 Å². The molecule has 0 spiro atoms. The molecular formula is C11H23NO. The number of ether oxygens (including phenoxy) is 1. The predicted molar refractivity (Wildman–Crippen MR) is 56.0 cm³/mol. The number of nitrogens with zero attached hydrogens (tertiary/aromatic N) is 1. The molecule has 1 fully saturated rings. The summed E-state index contributed by atoms with van der Waals surface area (Å²) in [5.74, 6) is 0. The summed E-state index contributed by atoms with van der Waals surface area (Å²) in [6.45, 7) is 13.2. The van der Waals surface area contributed by atoms with Crippen LogP contribution < -0.4 is 0 Å². The van der Waals surface area contributed by atoms with Crippen LogP contribution in [0.1, 0.15) is 41.0 Å². The van der Waals surface area contributed by atoms with Crippen molar-refractivity contribution in [1.82, 2.24) is 4.90 Å². The van der Waals surface area contributed by atoms with Crippen LogP contribution in [0.5, 0.6) is 0 Å². The van der Waals surface area contributed by atoms with E-state index in [2.05, 4.69) is 39.5 Å². The predicted octanol–water partition coefficient (Wildman–Crippen LogP) is 2.28. The van der Waals surface area contributed by atoms with Crippen molar-refractivity contribution >= 4 is 0 Å². The SMILES string of the molecule is CC(C)N1CCC(OC(C)(C)C)C1. The molecule has 0 radical (unpaired) electrons. The van der Waals surface area contributed by atoms with Gasteiger partial charge in [-0.25, -0.2) is 0 Å². The van der Waals surface area contributed by atoms with Crippen LogP contribution in [0.25, 0.3) is 0 Å². The highest BCUT2D eigenvalue weighted by Gasteiger charge is 2.27. The minimum absolute atomic E-state index is 0.0116. The minimum Gasteiger partial charge on any atom is -0.371 e. The highest BCUT2D eigenvalue weighted by molar-refractivity contribution is 4.80. The van der Waals surface area contributed by atoms with Crippen LogP contribution in [0.4, 0.5) is 0 Å². The molecule has 0 aromatic rings. The highest BCUT2D eigenvalue weighted by atomic mass is 16.5. The van der Waals surface area contributed by atoms with Crippen LogP contribution in [-0.4, -0.2) is 35.7 Å². The Kier molecular flexibility index (Phi) is 3.36. The zero-order chi connectivity index (χ0) is 10.1. The Bertz CT molecular complexity index is 160. The van der Waals surface area contributed by atoms with Gasteiger partial charge in [-0.2, -0.15) is 0 Å². The molecule has 1 aliphatic heterocycles. The Morgan fingerprint density at radius 2 is 1.92 bits per heavy atom. The van der Waals surface area contributed by atoms with E-state index < -0.39 is 0 Å². The smallest absolute Gasteiger partial charge is 0.0721 e. The zero-order valence-electron chi connectivity index (χ0n) is 9.63. The van der Waals surface area contributed by atoms with Gasteiger partial charge in [0.15, 0.2) is 0 Å². The van der Waals surface area contributed by atoms with Gasteiger partial charge in [-0.05, 0) is 41.0 Å². The molecule has 0 N–H and O–H groups in total. The lowest BCUT2D eigenvalue weighted by Crippen LogP contribution is -2.33. The molecule has 1 saturated heterocycles. The summed E-state index contributed by atoms with van der Waals surface area (Å²) in [6, 6.07) is 0.661. The topological polar surface area (TPSA) is 12.5 Å². The third kappa shape index (κ3) is 3.65. The van der Waals surface area contributed by atoms with Gasteiger partial charge in [-0.3, -0.25) is 4.90 Å². The minimum atomic E-state index is 0.0116. The molecule has 1 unspecified atom stereocenters. The molecule has 78 valence electrons. The van der Waals surface area contributed by atoms with Crippen LogP contribution >= 0.6 is 0 Å². The molecule has 0 bridgehead atoms. The summed E-state index contributed by atoms with van der Waals surface area (Å²) < 4.78 is 5.94. The summed E-state index contributed by atoms with van der Waals surface area (Å²) in [5, 5.41) is 0. The molecule has 1 heterocycles. The maximum atomic E-state index is 5.94. The first-order valence-corrected chi connectivity index (χ1v) is 5.30. The van der Waals surface area contributed by atoms with E-state index in [0.717, 1.165) is 6.54 Å². The van der Waals surface area contributed by atoms with Crippen LogP contribution in [0.15, 0.2) is 0 Å². The first kappa shape index (κ1) is 11.0. The lowest BCUT2D eigenvalue weighted by Gasteiger charge is -2.26. The maximum absolute atomic E-state index is 5.94. The van der Waals surface area contributed by atoms with Crippen molar-refractivity contribution in [2.75, 3.05) is 13.1 Å². The number of likely N-dealkylation sites (tertiary alicyclic amines) is 1. The van der Waals surface area contributed by atoms with Crippen molar-refractivity contribution in [1.29, 1.82) is 0 Å². The fourth-order valence-electron chi connectivity index (χ4n) is 1.82. The normalized spacial score (nSPS) is 25.8. The summed E-state index contributed by atoms with van der Waals surface area (Å²) in [6.07, 6.45) is 1.64. The third-order valence-corrected chi connectivity index (χ3v) is 2.43. The maximum Gasteiger partial charge on any atom is 0.0721 e. The van der Waals surface area contributed by atoms with Crippen molar-refractivity contribution in [2.45, 2.75) is 58.8 Å². The van der Waals surface area contributed by atoms with Gasteiger partial charge in [0.25, 0.3) is 0 Å². The van der Waals surface area contributed by atoms with Crippen LogP contribution in [0, 0.1) is 0 Å². The van der Waals surface area contributed by atoms with Gasteiger partial charge in [0.05, 0.1) is 11.7 Å². The third-order valence-electron chi connectivity index (χ3n) is 2.43. The molecule has 1 rings (SSSR count). The van der Waals surface area contributed by atoms with E-state index in [-0.39, 0.29) is 5.60 Å². The van der Waals surface area contributed by atoms with Gasteiger partial charge in [0.1, 0.15) is 0 Å². The Morgan fingerprint density at radius 1 is 1.31 bits per heavy atom. The van der Waals surface area contributed by atoms with Gasteiger partial charge in [0.2, 0.25) is 0 Å². The van der Waals surface area contributed by atoms with Crippen LogP contribution in [0.2, 0.25) is 0 Å².